The summed E-state index contributed by atoms with van der Waals surface area (Å²) in [6.45, 7) is 6.68. The minimum Gasteiger partial charge on any atom is -0.481 e. The first-order valence-corrected chi connectivity index (χ1v) is 32.2. The van der Waals surface area contributed by atoms with Gasteiger partial charge in [-0.05, 0) is 110 Å². The van der Waals surface area contributed by atoms with Crippen LogP contribution in [-0.4, -0.2) is 251 Å². The lowest BCUT2D eigenvalue weighted by Crippen LogP contribution is -2.63. The van der Waals surface area contributed by atoms with E-state index >= 15 is 0 Å². The number of carbonyl (C=O) groups is 16. The lowest BCUT2D eigenvalue weighted by molar-refractivity contribution is -0.146. The molecule has 13 amide bonds. The number of aromatic nitrogens is 2. The van der Waals surface area contributed by atoms with Crippen molar-refractivity contribution in [1.29, 1.82) is 0 Å². The van der Waals surface area contributed by atoms with Crippen LogP contribution >= 0.6 is 0 Å². The molecule has 0 unspecified atom stereocenters. The molecular weight excluding hydrogens is 1310 g/mol. The first-order chi connectivity index (χ1) is 46.4. The van der Waals surface area contributed by atoms with Gasteiger partial charge >= 0.3 is 17.9 Å². The van der Waals surface area contributed by atoms with E-state index in [4.69, 9.17) is 28.7 Å². The van der Waals surface area contributed by atoms with Crippen LogP contribution in [0.1, 0.15) is 137 Å². The number of nitrogens with one attached hydrogen (secondary N) is 11. The maximum absolute atomic E-state index is 14.3. The molecule has 0 saturated carbocycles. The van der Waals surface area contributed by atoms with Crippen molar-refractivity contribution in [2.45, 2.75) is 228 Å². The molecular formula is C59H98N18O22. The summed E-state index contributed by atoms with van der Waals surface area (Å²) < 4.78 is 0. The van der Waals surface area contributed by atoms with Crippen LogP contribution in [0.15, 0.2) is 12.5 Å². The van der Waals surface area contributed by atoms with Crippen LogP contribution < -0.4 is 81.8 Å². The Morgan fingerprint density at radius 1 is 0.515 bits per heavy atom. The number of aromatic amines is 1. The summed E-state index contributed by atoms with van der Waals surface area (Å²) in [6, 6.07) is -20.5. The molecule has 15 atom stereocenters. The number of carboxylic acids is 3. The molecule has 2 rings (SSSR count). The van der Waals surface area contributed by atoms with Gasteiger partial charge in [-0.25, -0.2) is 9.78 Å². The van der Waals surface area contributed by atoms with Crippen molar-refractivity contribution in [3.63, 3.8) is 0 Å². The lowest BCUT2D eigenvalue weighted by Gasteiger charge is -2.32. The van der Waals surface area contributed by atoms with Crippen LogP contribution in [0.5, 0.6) is 0 Å². The molecule has 99 heavy (non-hydrogen) atoms. The van der Waals surface area contributed by atoms with Gasteiger partial charge < -0.3 is 122 Å². The van der Waals surface area contributed by atoms with Crippen molar-refractivity contribution in [3.05, 3.63) is 18.2 Å². The number of H-pyrrole nitrogens is 1. The summed E-state index contributed by atoms with van der Waals surface area (Å²) >= 11 is 0. The highest BCUT2D eigenvalue weighted by Gasteiger charge is 2.43. The minimum atomic E-state index is -2.07. The number of aliphatic carboxylic acids is 3. The lowest BCUT2D eigenvalue weighted by atomic mass is 10.0. The van der Waals surface area contributed by atoms with Gasteiger partial charge in [-0.1, -0.05) is 13.8 Å². The van der Waals surface area contributed by atoms with Gasteiger partial charge in [0.2, 0.25) is 76.8 Å². The number of nitrogens with two attached hydrogens (primary N) is 5. The number of unbranched alkanes of at least 4 members (excludes halogenated alkanes) is 2. The maximum Gasteiger partial charge on any atom is 0.328 e. The van der Waals surface area contributed by atoms with Crippen molar-refractivity contribution in [2.75, 3.05) is 19.6 Å². The Hall–Kier alpha value is -9.51. The van der Waals surface area contributed by atoms with Gasteiger partial charge in [0.1, 0.15) is 60.4 Å². The molecule has 0 spiro atoms. The van der Waals surface area contributed by atoms with Crippen molar-refractivity contribution in [2.24, 2.45) is 34.6 Å². The Kier molecular flexibility index (Phi) is 37.2. The third-order valence-corrected chi connectivity index (χ3v) is 15.5. The fraction of sp³-hybridized carbons (Fsp3) is 0.678. The fourth-order valence-corrected chi connectivity index (χ4v) is 10.2. The summed E-state index contributed by atoms with van der Waals surface area (Å²) in [7, 11) is 0. The molecule has 1 aromatic heterocycles. The number of amides is 13. The van der Waals surface area contributed by atoms with Crippen molar-refractivity contribution < 1.29 is 107 Å². The van der Waals surface area contributed by atoms with Crippen LogP contribution in [0.25, 0.3) is 0 Å². The Balaban J connectivity index is 2.47. The highest BCUT2D eigenvalue weighted by Crippen LogP contribution is 2.21. The van der Waals surface area contributed by atoms with E-state index in [1.807, 2.05) is 0 Å². The van der Waals surface area contributed by atoms with Crippen LogP contribution in [0.3, 0.4) is 0 Å². The van der Waals surface area contributed by atoms with Crippen molar-refractivity contribution >= 4 is 94.7 Å². The van der Waals surface area contributed by atoms with E-state index in [9.17, 15) is 107 Å². The highest BCUT2D eigenvalue weighted by atomic mass is 16.4. The average molecular weight is 1410 g/mol. The first kappa shape index (κ1) is 85.6. The number of aliphatic hydroxyl groups is 3. The number of carboxylic acid groups (broad SMARTS) is 3. The number of likely N-dealkylation sites (tertiary alicyclic amines) is 1. The number of imidazole rings is 1. The van der Waals surface area contributed by atoms with Gasteiger partial charge in [-0.2, -0.15) is 0 Å². The van der Waals surface area contributed by atoms with Crippen molar-refractivity contribution in [3.8, 4) is 0 Å². The Bertz CT molecular complexity index is 2950. The van der Waals surface area contributed by atoms with Gasteiger partial charge in [-0.3, -0.25) is 71.9 Å². The van der Waals surface area contributed by atoms with Crippen LogP contribution in [0, 0.1) is 5.92 Å². The van der Waals surface area contributed by atoms with E-state index in [0.29, 0.717) is 12.1 Å². The number of carbonyl (C=O) groups excluding carboxylic acids is 13. The molecule has 556 valence electrons. The molecule has 1 fully saturated rings. The maximum atomic E-state index is 14.3. The van der Waals surface area contributed by atoms with E-state index in [1.165, 1.54) is 12.5 Å². The molecule has 40 nitrogen and oxygen atoms in total. The molecule has 0 bridgehead atoms. The van der Waals surface area contributed by atoms with Crippen LogP contribution in [0.4, 0.5) is 0 Å². The number of primary amides is 2. The topological polar surface area (TPSA) is 677 Å². The van der Waals surface area contributed by atoms with E-state index in [-0.39, 0.29) is 83.3 Å². The largest absolute Gasteiger partial charge is 0.481 e. The van der Waals surface area contributed by atoms with Crippen LogP contribution in [-0.2, 0) is 83.1 Å². The van der Waals surface area contributed by atoms with Gasteiger partial charge in [0.25, 0.3) is 0 Å². The average Bonchev–Trinajstić information content (AvgIpc) is 1.80. The smallest absolute Gasteiger partial charge is 0.328 e. The van der Waals surface area contributed by atoms with Gasteiger partial charge in [0.05, 0.1) is 43.5 Å². The molecule has 1 aliphatic heterocycles. The summed E-state index contributed by atoms with van der Waals surface area (Å²) in [5.74, 6) is -19.4. The molecule has 1 saturated heterocycles. The Labute approximate surface area is 569 Å². The molecule has 1 aliphatic rings. The Morgan fingerprint density at radius 2 is 0.929 bits per heavy atom. The fourth-order valence-electron chi connectivity index (χ4n) is 10.2. The van der Waals surface area contributed by atoms with Gasteiger partial charge in [0.15, 0.2) is 6.04 Å². The predicted molar refractivity (Wildman–Crippen MR) is 344 cm³/mol. The summed E-state index contributed by atoms with van der Waals surface area (Å²) in [5.41, 5.74) is 28.2. The van der Waals surface area contributed by atoms with E-state index in [0.717, 1.165) is 25.7 Å². The zero-order valence-corrected chi connectivity index (χ0v) is 55.8. The molecule has 0 radical (unpaired) electrons. The number of rotatable bonds is 47. The molecule has 0 aliphatic carbocycles. The number of hydrogen-bond donors (Lipinski definition) is 22. The summed E-state index contributed by atoms with van der Waals surface area (Å²) in [5, 5.41) is 83.8. The third kappa shape index (κ3) is 30.4. The standard InChI is InChI=1S/C59H98N18O22/c1-27(2)21-37(72-54(93)38(22-31-25-65-26-66-31)71-48(87)32(62)23-43(83)84)53(92)73-39(24-44(85)86)55(94)67-33(11-6-8-18-60)49(88)68-35(14-16-41(63)81)51(90)74-45(28(3)78)57(96)70-36(15-17-42(64)82)52(91)75-46(29(4)79)58(97)77-20-10-13-40(77)56(95)69-34(12-7-9-19-61)50(89)76-47(30(5)80)59(98)99/h25-30,32-40,45-47,78-80H,6-24,60-62H2,1-5H3,(H2,63,81)(H2,64,82)(H,65,66)(H,67,94)(H,68,88)(H,69,95)(H,70,96)(H,71,87)(H,72,93)(H,73,92)(H,74,90)(H,75,91)(H,76,89)(H,83,84)(H,85,86)(H,98,99)/t28-,29-,30-,32+,33+,34+,35+,36+,37+,38+,39+,40+,45+,46+,47+/m1/s1. The molecule has 2 heterocycles. The number of hydrogen-bond acceptors (Lipinski definition) is 23. The molecule has 27 N–H and O–H groups in total. The summed E-state index contributed by atoms with van der Waals surface area (Å²) in [6.07, 6.45) is -6.53. The van der Waals surface area contributed by atoms with E-state index in [2.05, 4.69) is 63.1 Å². The second-order valence-electron chi connectivity index (χ2n) is 24.4. The highest BCUT2D eigenvalue weighted by molar-refractivity contribution is 6.00. The van der Waals surface area contributed by atoms with Gasteiger partial charge in [-0.15, -0.1) is 0 Å². The number of aliphatic hydroxyl groups excluding tert-OH is 3. The second kappa shape index (κ2) is 43.0. The predicted octanol–water partition coefficient (Wildman–Crippen LogP) is -8.87. The summed E-state index contributed by atoms with van der Waals surface area (Å²) in [4.78, 5) is 221. The monoisotopic (exact) mass is 1410 g/mol. The Morgan fingerprint density at radius 3 is 1.38 bits per heavy atom. The van der Waals surface area contributed by atoms with Crippen molar-refractivity contribution in [1.82, 2.24) is 68.0 Å². The van der Waals surface area contributed by atoms with Crippen LogP contribution in [0.2, 0.25) is 0 Å². The molecule has 0 aromatic carbocycles. The second-order valence-corrected chi connectivity index (χ2v) is 24.4. The van der Waals surface area contributed by atoms with Gasteiger partial charge in [0, 0.05) is 37.7 Å². The van der Waals surface area contributed by atoms with E-state index < -0.39 is 224 Å². The third-order valence-electron chi connectivity index (χ3n) is 15.5. The van der Waals surface area contributed by atoms with E-state index in [1.54, 1.807) is 13.8 Å². The number of nitrogens with zero attached hydrogens (tertiary/aromatic N) is 2. The molecule has 40 heteroatoms. The zero-order chi connectivity index (χ0) is 75.0. The SMILES string of the molecule is CC(C)C[C@H](NC(=O)[C@H](Cc1cnc[nH]1)NC(=O)[C@@H](N)CC(=O)O)C(=O)N[C@@H](CC(=O)O)C(=O)N[C@@H](CCCCN)C(=O)N[C@@H](CCC(N)=O)C(=O)N[C@H](C(=O)N[C@@H](CCC(N)=O)C(=O)N[C@H](C(=O)N1CCC[C@H]1C(=O)N[C@@H](CCCCN)C(=O)N[C@H](C(=O)O)[C@@H](C)O)[C@@H](C)O)[C@@H](C)O. The minimum absolute atomic E-state index is 0.00529. The zero-order valence-electron chi connectivity index (χ0n) is 55.8. The normalized spacial score (nSPS) is 17.0. The first-order valence-electron chi connectivity index (χ1n) is 32.2. The quantitative estimate of drug-likeness (QED) is 0.0270. The molecule has 1 aromatic rings.